The van der Waals surface area contributed by atoms with Gasteiger partial charge in [-0.05, 0) is 63.2 Å². The Morgan fingerprint density at radius 1 is 0.960 bits per heavy atom. The van der Waals surface area contributed by atoms with Gasteiger partial charge in [-0.3, -0.25) is 0 Å². The minimum atomic E-state index is -0.378. The van der Waals surface area contributed by atoms with Gasteiger partial charge in [-0.2, -0.15) is 0 Å². The van der Waals surface area contributed by atoms with Gasteiger partial charge in [-0.15, -0.1) is 0 Å². The molecule has 4 aromatic carbocycles. The SMILES string of the molecule is CC(=O)O/N=C1/CCCc2c1cc1ccc3cccc4ccc2c1c34. The number of rotatable bonds is 1. The molecule has 0 fully saturated rings. The zero-order valence-corrected chi connectivity index (χ0v) is 14.0. The van der Waals surface area contributed by atoms with Crippen LogP contribution < -0.4 is 0 Å². The summed E-state index contributed by atoms with van der Waals surface area (Å²) in [7, 11) is 0. The summed E-state index contributed by atoms with van der Waals surface area (Å²) >= 11 is 0. The number of carbonyl (C=O) groups excluding carboxylic acids is 1. The lowest BCUT2D eigenvalue weighted by atomic mass is 9.83. The van der Waals surface area contributed by atoms with Crippen molar-refractivity contribution in [1.29, 1.82) is 0 Å². The topological polar surface area (TPSA) is 38.7 Å². The molecule has 0 atom stereocenters. The average molecular weight is 327 g/mol. The van der Waals surface area contributed by atoms with Crippen molar-refractivity contribution >= 4 is 44.0 Å². The van der Waals surface area contributed by atoms with E-state index >= 15 is 0 Å². The van der Waals surface area contributed by atoms with E-state index in [1.54, 1.807) is 0 Å². The van der Waals surface area contributed by atoms with Crippen LogP contribution in [0, 0.1) is 0 Å². The Kier molecular flexibility index (Phi) is 3.04. The molecule has 0 saturated carbocycles. The minimum absolute atomic E-state index is 0.378. The van der Waals surface area contributed by atoms with Gasteiger partial charge >= 0.3 is 5.97 Å². The van der Waals surface area contributed by atoms with Crippen LogP contribution in [0.5, 0.6) is 0 Å². The van der Waals surface area contributed by atoms with Gasteiger partial charge in [0.1, 0.15) is 0 Å². The predicted molar refractivity (Wildman–Crippen MR) is 101 cm³/mol. The maximum absolute atomic E-state index is 11.1. The van der Waals surface area contributed by atoms with Crippen LogP contribution >= 0.6 is 0 Å². The highest BCUT2D eigenvalue weighted by Crippen LogP contribution is 2.39. The Bertz CT molecular complexity index is 1160. The highest BCUT2D eigenvalue weighted by Gasteiger charge is 2.21. The number of benzene rings is 4. The second kappa shape index (κ2) is 5.28. The van der Waals surface area contributed by atoms with E-state index in [4.69, 9.17) is 4.84 Å². The lowest BCUT2D eigenvalue weighted by Gasteiger charge is -2.22. The predicted octanol–water partition coefficient (Wildman–Crippen LogP) is 5.19. The lowest BCUT2D eigenvalue weighted by molar-refractivity contribution is -0.140. The van der Waals surface area contributed by atoms with E-state index in [1.807, 2.05) is 0 Å². The second-order valence-electron chi connectivity index (χ2n) is 6.73. The molecule has 4 aromatic rings. The molecular weight excluding hydrogens is 310 g/mol. The molecule has 25 heavy (non-hydrogen) atoms. The molecular formula is C22H17NO2. The summed E-state index contributed by atoms with van der Waals surface area (Å²) in [6, 6.07) is 17.5. The van der Waals surface area contributed by atoms with E-state index in [2.05, 4.69) is 53.7 Å². The van der Waals surface area contributed by atoms with Crippen molar-refractivity contribution in [2.75, 3.05) is 0 Å². The van der Waals surface area contributed by atoms with E-state index in [0.29, 0.717) is 0 Å². The quantitative estimate of drug-likeness (QED) is 0.274. The van der Waals surface area contributed by atoms with Crippen LogP contribution in [0.15, 0.2) is 53.7 Å². The Morgan fingerprint density at radius 2 is 1.72 bits per heavy atom. The Balaban J connectivity index is 1.87. The summed E-state index contributed by atoms with van der Waals surface area (Å²) in [5, 5.41) is 11.9. The number of hydrogen-bond acceptors (Lipinski definition) is 3. The monoisotopic (exact) mass is 327 g/mol. The van der Waals surface area contributed by atoms with Gasteiger partial charge in [0.2, 0.25) is 0 Å². The third-order valence-electron chi connectivity index (χ3n) is 5.19. The van der Waals surface area contributed by atoms with Gasteiger partial charge in [-0.25, -0.2) is 4.79 Å². The molecule has 0 heterocycles. The van der Waals surface area contributed by atoms with Gasteiger partial charge < -0.3 is 4.84 Å². The Hall–Kier alpha value is -2.94. The largest absolute Gasteiger partial charge is 0.331 e. The van der Waals surface area contributed by atoms with Gasteiger partial charge in [-0.1, -0.05) is 47.6 Å². The summed E-state index contributed by atoms with van der Waals surface area (Å²) in [5.41, 5.74) is 3.32. The summed E-state index contributed by atoms with van der Waals surface area (Å²) in [6.45, 7) is 1.38. The molecule has 3 nitrogen and oxygen atoms in total. The summed E-state index contributed by atoms with van der Waals surface area (Å²) in [5.74, 6) is -0.378. The first-order chi connectivity index (χ1) is 12.2. The van der Waals surface area contributed by atoms with E-state index < -0.39 is 0 Å². The molecule has 3 heteroatoms. The molecule has 0 bridgehead atoms. The van der Waals surface area contributed by atoms with E-state index in [-0.39, 0.29) is 5.97 Å². The van der Waals surface area contributed by atoms with Crippen molar-refractivity contribution in [1.82, 2.24) is 0 Å². The van der Waals surface area contributed by atoms with Gasteiger partial charge in [0.05, 0.1) is 5.71 Å². The second-order valence-corrected chi connectivity index (χ2v) is 6.73. The molecule has 0 aliphatic heterocycles. The van der Waals surface area contributed by atoms with Crippen molar-refractivity contribution < 1.29 is 9.63 Å². The van der Waals surface area contributed by atoms with Gasteiger partial charge in [0.25, 0.3) is 0 Å². The standard InChI is InChI=1S/C22H17NO2/c1-13(24)25-23-20-7-3-6-17-18-11-10-15-5-2-4-14-8-9-16(12-19(17)20)22(18)21(14)15/h2,4-5,8-12H,3,6-7H2,1H3/b23-20-. The van der Waals surface area contributed by atoms with Gasteiger partial charge in [0.15, 0.2) is 0 Å². The van der Waals surface area contributed by atoms with Crippen molar-refractivity contribution in [3.63, 3.8) is 0 Å². The Labute approximate surface area is 145 Å². The molecule has 1 aliphatic carbocycles. The maximum Gasteiger partial charge on any atom is 0.331 e. The molecule has 0 N–H and O–H groups in total. The van der Waals surface area contributed by atoms with Crippen LogP contribution in [-0.4, -0.2) is 11.7 Å². The molecule has 5 rings (SSSR count). The highest BCUT2D eigenvalue weighted by molar-refractivity contribution is 6.25. The number of hydrogen-bond donors (Lipinski definition) is 0. The van der Waals surface area contributed by atoms with Crippen molar-refractivity contribution in [2.24, 2.45) is 5.16 Å². The molecule has 0 unspecified atom stereocenters. The summed E-state index contributed by atoms with van der Waals surface area (Å²) in [6.07, 6.45) is 2.90. The van der Waals surface area contributed by atoms with Crippen LogP contribution in [0.3, 0.4) is 0 Å². The summed E-state index contributed by atoms with van der Waals surface area (Å²) < 4.78 is 0. The number of carbonyl (C=O) groups is 1. The van der Waals surface area contributed by atoms with Crippen molar-refractivity contribution in [2.45, 2.75) is 26.2 Å². The van der Waals surface area contributed by atoms with Crippen LogP contribution in [0.2, 0.25) is 0 Å². The Morgan fingerprint density at radius 3 is 2.52 bits per heavy atom. The zero-order chi connectivity index (χ0) is 17.0. The van der Waals surface area contributed by atoms with Gasteiger partial charge in [0, 0.05) is 12.5 Å². The first-order valence-electron chi connectivity index (χ1n) is 8.66. The minimum Gasteiger partial charge on any atom is -0.318 e. The van der Waals surface area contributed by atoms with Crippen molar-refractivity contribution in [3.8, 4) is 0 Å². The molecule has 122 valence electrons. The smallest absolute Gasteiger partial charge is 0.318 e. The fourth-order valence-corrected chi connectivity index (χ4v) is 4.18. The molecule has 0 spiro atoms. The van der Waals surface area contributed by atoms with Crippen LogP contribution in [-0.2, 0) is 16.1 Å². The lowest BCUT2D eigenvalue weighted by Crippen LogP contribution is -2.14. The van der Waals surface area contributed by atoms with Crippen LogP contribution in [0.4, 0.5) is 0 Å². The molecule has 0 saturated heterocycles. The first-order valence-corrected chi connectivity index (χ1v) is 8.66. The molecule has 1 aliphatic rings. The number of oxime groups is 1. The van der Waals surface area contributed by atoms with E-state index in [1.165, 1.54) is 44.8 Å². The highest BCUT2D eigenvalue weighted by atomic mass is 16.7. The fourth-order valence-electron chi connectivity index (χ4n) is 4.18. The number of aryl methyl sites for hydroxylation is 1. The third kappa shape index (κ3) is 2.12. The maximum atomic E-state index is 11.1. The normalized spacial score (nSPS) is 16.0. The summed E-state index contributed by atoms with van der Waals surface area (Å²) in [4.78, 5) is 16.1. The number of nitrogens with zero attached hydrogens (tertiary/aromatic N) is 1. The third-order valence-corrected chi connectivity index (χ3v) is 5.19. The van der Waals surface area contributed by atoms with E-state index in [9.17, 15) is 4.79 Å². The fraction of sp³-hybridized carbons (Fsp3) is 0.182. The van der Waals surface area contributed by atoms with Crippen LogP contribution in [0.25, 0.3) is 32.3 Å². The van der Waals surface area contributed by atoms with E-state index in [0.717, 1.165) is 30.5 Å². The average Bonchev–Trinajstić information content (AvgIpc) is 2.64. The first kappa shape index (κ1) is 14.4. The molecule has 0 aromatic heterocycles. The van der Waals surface area contributed by atoms with Crippen molar-refractivity contribution in [3.05, 3.63) is 59.7 Å². The van der Waals surface area contributed by atoms with Crippen LogP contribution in [0.1, 0.15) is 30.9 Å². The zero-order valence-electron chi connectivity index (χ0n) is 14.0. The molecule has 0 radical (unpaired) electrons. The number of fused-ring (bicyclic) bond motifs is 2. The molecule has 0 amide bonds.